The van der Waals surface area contributed by atoms with E-state index in [0.29, 0.717) is 22.9 Å². The lowest BCUT2D eigenvalue weighted by Crippen LogP contribution is -2.15. The Hall–Kier alpha value is -4.19. The van der Waals surface area contributed by atoms with Gasteiger partial charge in [0.15, 0.2) is 6.29 Å². The summed E-state index contributed by atoms with van der Waals surface area (Å²) in [7, 11) is 1.81. The number of hydrogen-bond donors (Lipinski definition) is 3. The average Bonchev–Trinajstić information content (AvgIpc) is 2.81. The van der Waals surface area contributed by atoms with Crippen LogP contribution in [0.15, 0.2) is 84.5 Å². The van der Waals surface area contributed by atoms with E-state index in [1.165, 1.54) is 0 Å². The maximum atomic E-state index is 11.4. The highest BCUT2D eigenvalue weighted by atomic mass is 16.5. The lowest BCUT2D eigenvalue weighted by Gasteiger charge is -2.27. The Kier molecular flexibility index (Phi) is 6.09. The van der Waals surface area contributed by atoms with Gasteiger partial charge in [-0.15, -0.1) is 0 Å². The van der Waals surface area contributed by atoms with Crippen LogP contribution in [0.5, 0.6) is 5.75 Å². The molecule has 2 heterocycles. The van der Waals surface area contributed by atoms with Gasteiger partial charge in [0.1, 0.15) is 17.3 Å². The molecule has 1 aliphatic carbocycles. The number of carbonyl (C=O) groups excluding carboxylic acids is 1. The molecule has 1 aliphatic heterocycles. The first-order chi connectivity index (χ1) is 15.9. The maximum Gasteiger partial charge on any atom is 0.153 e. The van der Waals surface area contributed by atoms with E-state index in [2.05, 4.69) is 34.3 Å². The van der Waals surface area contributed by atoms with Gasteiger partial charge in [-0.3, -0.25) is 4.79 Å². The number of ether oxygens (including phenoxy) is 1. The van der Waals surface area contributed by atoms with E-state index in [1.807, 2.05) is 32.1 Å². The Morgan fingerprint density at radius 3 is 2.82 bits per heavy atom. The van der Waals surface area contributed by atoms with Crippen molar-refractivity contribution in [3.05, 3.63) is 107 Å². The van der Waals surface area contributed by atoms with E-state index in [4.69, 9.17) is 10.1 Å². The van der Waals surface area contributed by atoms with Crippen LogP contribution in [0.4, 0.5) is 5.82 Å². The second kappa shape index (κ2) is 9.12. The lowest BCUT2D eigenvalue weighted by atomic mass is 9.92. The number of anilines is 1. The molecular formula is C27H26N4O2. The zero-order valence-corrected chi connectivity index (χ0v) is 18.9. The molecule has 0 amide bonds. The predicted octanol–water partition coefficient (Wildman–Crippen LogP) is 5.28. The van der Waals surface area contributed by atoms with Crippen LogP contribution >= 0.6 is 0 Å². The minimum atomic E-state index is -0.178. The van der Waals surface area contributed by atoms with Crippen LogP contribution in [0.1, 0.15) is 40.0 Å². The fraction of sp³-hybridized carbons (Fsp3) is 0.148. The molecule has 0 saturated heterocycles. The molecule has 0 fully saturated rings. The summed E-state index contributed by atoms with van der Waals surface area (Å²) in [4.78, 5) is 15.8. The number of hydrogen-bond acceptors (Lipinski definition) is 6. The van der Waals surface area contributed by atoms with Gasteiger partial charge < -0.3 is 20.8 Å². The Morgan fingerprint density at radius 1 is 1.24 bits per heavy atom. The van der Waals surface area contributed by atoms with Crippen LogP contribution < -0.4 is 15.4 Å². The van der Waals surface area contributed by atoms with Crippen molar-refractivity contribution >= 4 is 23.4 Å². The zero-order valence-electron chi connectivity index (χ0n) is 18.9. The van der Waals surface area contributed by atoms with Gasteiger partial charge in [0.05, 0.1) is 17.3 Å². The molecule has 3 N–H and O–H groups in total. The number of allylic oxidation sites excluding steroid dienone is 6. The van der Waals surface area contributed by atoms with E-state index < -0.39 is 0 Å². The lowest BCUT2D eigenvalue weighted by molar-refractivity contribution is 0.112. The Balaban J connectivity index is 1.72. The molecule has 1 aromatic carbocycles. The highest BCUT2D eigenvalue weighted by Crippen LogP contribution is 2.42. The van der Waals surface area contributed by atoms with E-state index in [9.17, 15) is 4.79 Å². The van der Waals surface area contributed by atoms with E-state index in [-0.39, 0.29) is 6.04 Å². The van der Waals surface area contributed by atoms with Gasteiger partial charge >= 0.3 is 0 Å². The van der Waals surface area contributed by atoms with Crippen molar-refractivity contribution in [2.45, 2.75) is 19.9 Å². The van der Waals surface area contributed by atoms with Gasteiger partial charge in [-0.05, 0) is 67.5 Å². The van der Waals surface area contributed by atoms with Crippen LogP contribution in [0, 0.1) is 12.3 Å². The molecule has 0 spiro atoms. The number of aryl methyl sites for hydroxylation is 1. The molecule has 2 aromatic rings. The number of carbonyl (C=O) groups is 1. The Morgan fingerprint density at radius 2 is 2.06 bits per heavy atom. The molecule has 33 heavy (non-hydrogen) atoms. The third kappa shape index (κ3) is 4.41. The number of pyridine rings is 1. The zero-order chi connectivity index (χ0) is 23.5. The highest BCUT2D eigenvalue weighted by molar-refractivity contribution is 6.10. The number of nitrogens with zero attached hydrogens (tertiary/aromatic N) is 1. The standard InChI is InChI=1S/C27H26N4O2/c1-16-10-22-17(2)12-25(19-7-8-24(28)21(13-19)14-29-4)33-26(22)23(11-16)18(3)31-27-20(15-32)6-5-9-30-27/h5-15,18,28-29H,2H2,1,3-4H3,(H,30,31)/b21-14-,28-24?. The van der Waals surface area contributed by atoms with Gasteiger partial charge in [-0.1, -0.05) is 12.6 Å². The molecule has 0 bridgehead atoms. The minimum Gasteiger partial charge on any atom is -0.456 e. The number of nitrogens with one attached hydrogen (secondary N) is 3. The average molecular weight is 439 g/mol. The van der Waals surface area contributed by atoms with Gasteiger partial charge in [0.25, 0.3) is 0 Å². The third-order valence-corrected chi connectivity index (χ3v) is 5.55. The number of rotatable bonds is 6. The van der Waals surface area contributed by atoms with Crippen LogP contribution in [0.3, 0.4) is 0 Å². The van der Waals surface area contributed by atoms with Crippen molar-refractivity contribution in [1.82, 2.24) is 10.3 Å². The third-order valence-electron chi connectivity index (χ3n) is 5.55. The van der Waals surface area contributed by atoms with Crippen LogP contribution in [0.25, 0.3) is 5.57 Å². The first-order valence-corrected chi connectivity index (χ1v) is 10.7. The normalized spacial score (nSPS) is 17.0. The van der Waals surface area contributed by atoms with Crippen LogP contribution in [-0.4, -0.2) is 24.0 Å². The largest absolute Gasteiger partial charge is 0.456 e. The van der Waals surface area contributed by atoms with Gasteiger partial charge in [-0.25, -0.2) is 4.98 Å². The van der Waals surface area contributed by atoms with E-state index >= 15 is 0 Å². The minimum absolute atomic E-state index is 0.178. The molecule has 1 unspecified atom stereocenters. The fourth-order valence-corrected chi connectivity index (χ4v) is 3.90. The fourth-order valence-electron chi connectivity index (χ4n) is 3.90. The highest BCUT2D eigenvalue weighted by Gasteiger charge is 2.25. The first kappa shape index (κ1) is 22.0. The van der Waals surface area contributed by atoms with Crippen molar-refractivity contribution in [3.8, 4) is 5.75 Å². The van der Waals surface area contributed by atoms with Crippen LogP contribution in [0.2, 0.25) is 0 Å². The summed E-state index contributed by atoms with van der Waals surface area (Å²) < 4.78 is 6.44. The summed E-state index contributed by atoms with van der Waals surface area (Å²) in [6.07, 6.45) is 11.7. The van der Waals surface area contributed by atoms with Crippen molar-refractivity contribution < 1.29 is 9.53 Å². The van der Waals surface area contributed by atoms with Crippen molar-refractivity contribution in [2.24, 2.45) is 0 Å². The summed E-state index contributed by atoms with van der Waals surface area (Å²) in [5, 5.41) is 14.4. The Labute approximate surface area is 193 Å². The smallest absolute Gasteiger partial charge is 0.153 e. The Bertz CT molecular complexity index is 1280. The molecule has 0 saturated carbocycles. The second-order valence-electron chi connectivity index (χ2n) is 8.03. The molecule has 6 heteroatoms. The molecule has 2 aliphatic rings. The monoisotopic (exact) mass is 438 g/mol. The number of fused-ring (bicyclic) bond motifs is 1. The number of aromatic nitrogens is 1. The molecule has 166 valence electrons. The quantitative estimate of drug-likeness (QED) is 0.534. The van der Waals surface area contributed by atoms with Crippen molar-refractivity contribution in [1.29, 1.82) is 5.41 Å². The molecule has 1 atom stereocenters. The van der Waals surface area contributed by atoms with Crippen molar-refractivity contribution in [2.75, 3.05) is 12.4 Å². The van der Waals surface area contributed by atoms with Crippen LogP contribution in [-0.2, 0) is 0 Å². The SMILES string of the molecule is C=C1C=C(C2=C/C(=C/NC)C(=N)C=C2)Oc2c1cc(C)cc2C(C)Nc1ncccc1C=O. The van der Waals surface area contributed by atoms with E-state index in [1.54, 1.807) is 37.7 Å². The summed E-state index contributed by atoms with van der Waals surface area (Å²) in [6.45, 7) is 8.31. The van der Waals surface area contributed by atoms with E-state index in [0.717, 1.165) is 45.4 Å². The molecule has 6 nitrogen and oxygen atoms in total. The molecular weight excluding hydrogens is 412 g/mol. The van der Waals surface area contributed by atoms with Gasteiger partial charge in [0.2, 0.25) is 0 Å². The second-order valence-corrected chi connectivity index (χ2v) is 8.03. The number of aldehydes is 1. The van der Waals surface area contributed by atoms with Crippen molar-refractivity contribution in [3.63, 3.8) is 0 Å². The summed E-state index contributed by atoms with van der Waals surface area (Å²) in [5.41, 5.74) is 6.37. The predicted molar refractivity (Wildman–Crippen MR) is 133 cm³/mol. The number of benzene rings is 1. The summed E-state index contributed by atoms with van der Waals surface area (Å²) >= 11 is 0. The molecule has 1 aromatic heterocycles. The van der Waals surface area contributed by atoms with Gasteiger partial charge in [-0.2, -0.15) is 0 Å². The molecule has 0 radical (unpaired) electrons. The molecule has 4 rings (SSSR count). The van der Waals surface area contributed by atoms with Gasteiger partial charge in [0, 0.05) is 41.7 Å². The topological polar surface area (TPSA) is 87.1 Å². The first-order valence-electron chi connectivity index (χ1n) is 10.7. The summed E-state index contributed by atoms with van der Waals surface area (Å²) in [6, 6.07) is 7.42. The summed E-state index contributed by atoms with van der Waals surface area (Å²) in [5.74, 6) is 1.92. The maximum absolute atomic E-state index is 11.4.